The van der Waals surface area contributed by atoms with Crippen LogP contribution in [0.5, 0.6) is 11.5 Å². The summed E-state index contributed by atoms with van der Waals surface area (Å²) in [5, 5.41) is 2.84. The van der Waals surface area contributed by atoms with Crippen molar-refractivity contribution in [2.75, 3.05) is 0 Å². The number of nitrogens with zero attached hydrogens (tertiary/aromatic N) is 2. The van der Waals surface area contributed by atoms with E-state index in [4.69, 9.17) is 0 Å². The summed E-state index contributed by atoms with van der Waals surface area (Å²) in [5.74, 6) is -0.0985. The van der Waals surface area contributed by atoms with Crippen molar-refractivity contribution in [2.24, 2.45) is 4.99 Å². The van der Waals surface area contributed by atoms with Crippen molar-refractivity contribution < 1.29 is 23.0 Å². The van der Waals surface area contributed by atoms with Gasteiger partial charge in [0.2, 0.25) is 0 Å². The van der Waals surface area contributed by atoms with Crippen LogP contribution in [0.15, 0.2) is 29.4 Å². The zero-order valence-corrected chi connectivity index (χ0v) is 15.6. The second-order valence-corrected chi connectivity index (χ2v) is 7.79. The third-order valence-electron chi connectivity index (χ3n) is 3.96. The molecule has 2 aromatic rings. The number of urea groups is 1. The fourth-order valence-corrected chi connectivity index (χ4v) is 3.13. The van der Waals surface area contributed by atoms with Gasteiger partial charge in [-0.15, -0.1) is 20.1 Å². The van der Waals surface area contributed by atoms with Crippen molar-refractivity contribution in [3.05, 3.63) is 34.1 Å². The topological polar surface area (TPSA) is 64.9 Å². The van der Waals surface area contributed by atoms with Gasteiger partial charge in [-0.05, 0) is 39.3 Å². The first-order chi connectivity index (χ1) is 12.1. The lowest BCUT2D eigenvalue weighted by Gasteiger charge is -2.22. The zero-order chi connectivity index (χ0) is 19.1. The van der Waals surface area contributed by atoms with E-state index in [-0.39, 0.29) is 17.0 Å². The van der Waals surface area contributed by atoms with Gasteiger partial charge in [-0.3, -0.25) is 4.57 Å². The van der Waals surface area contributed by atoms with E-state index in [1.54, 1.807) is 16.8 Å². The van der Waals surface area contributed by atoms with E-state index in [1.165, 1.54) is 23.5 Å². The van der Waals surface area contributed by atoms with E-state index in [2.05, 4.69) is 19.8 Å². The van der Waals surface area contributed by atoms with Crippen LogP contribution in [-0.4, -0.2) is 22.4 Å². The molecular formula is C17H19F2N3O3S. The third-order valence-corrected chi connectivity index (χ3v) is 4.86. The molecule has 0 unspecified atom stereocenters. The lowest BCUT2D eigenvalue weighted by Crippen LogP contribution is -2.42. The number of thiazole rings is 1. The molecule has 3 rings (SSSR count). The Labute approximate surface area is 153 Å². The number of halogens is 2. The summed E-state index contributed by atoms with van der Waals surface area (Å²) in [6.07, 6.45) is -1.14. The number of hydrogen-bond donors (Lipinski definition) is 1. The Morgan fingerprint density at radius 2 is 2.04 bits per heavy atom. The highest BCUT2D eigenvalue weighted by molar-refractivity contribution is 7.09. The van der Waals surface area contributed by atoms with Gasteiger partial charge in [0.1, 0.15) is 0 Å². The summed E-state index contributed by atoms with van der Waals surface area (Å²) in [5.41, 5.74) is 0.165. The van der Waals surface area contributed by atoms with Crippen LogP contribution in [0, 0.1) is 6.92 Å². The molecule has 26 heavy (non-hydrogen) atoms. The van der Waals surface area contributed by atoms with Gasteiger partial charge in [0, 0.05) is 22.7 Å². The molecule has 0 saturated heterocycles. The molecule has 0 atom stereocenters. The number of carbonyl (C=O) groups is 1. The number of alkyl halides is 2. The Morgan fingerprint density at radius 3 is 2.73 bits per heavy atom. The Balaban J connectivity index is 1.96. The molecular weight excluding hydrogens is 364 g/mol. The molecule has 0 aliphatic carbocycles. The number of ether oxygens (including phenoxy) is 2. The van der Waals surface area contributed by atoms with E-state index >= 15 is 0 Å². The SMILES string of the molecule is CCC(C)(C)NC(=O)/N=c1\sc(C)cn1-c1ccc2c(c1)OC(F)(F)O2. The number of aromatic nitrogens is 1. The summed E-state index contributed by atoms with van der Waals surface area (Å²) in [7, 11) is 0. The number of hydrogen-bond acceptors (Lipinski definition) is 4. The van der Waals surface area contributed by atoms with Gasteiger partial charge in [0.15, 0.2) is 16.3 Å². The maximum atomic E-state index is 13.2. The molecule has 140 valence electrons. The van der Waals surface area contributed by atoms with E-state index in [0.29, 0.717) is 10.5 Å². The average molecular weight is 383 g/mol. The average Bonchev–Trinajstić information content (AvgIpc) is 3.03. The van der Waals surface area contributed by atoms with Gasteiger partial charge in [-0.2, -0.15) is 4.99 Å². The van der Waals surface area contributed by atoms with Crippen LogP contribution >= 0.6 is 11.3 Å². The Hall–Kier alpha value is -2.42. The van der Waals surface area contributed by atoms with Crippen molar-refractivity contribution in [1.82, 2.24) is 9.88 Å². The van der Waals surface area contributed by atoms with Crippen LogP contribution in [-0.2, 0) is 0 Å². The summed E-state index contributed by atoms with van der Waals surface area (Å²) in [6.45, 7) is 7.66. The number of benzene rings is 1. The first kappa shape index (κ1) is 18.4. The van der Waals surface area contributed by atoms with Crippen LogP contribution in [0.25, 0.3) is 5.69 Å². The molecule has 9 heteroatoms. The molecule has 0 bridgehead atoms. The minimum Gasteiger partial charge on any atom is -0.395 e. The van der Waals surface area contributed by atoms with E-state index in [0.717, 1.165) is 11.3 Å². The number of nitrogens with one attached hydrogen (secondary N) is 1. The minimum atomic E-state index is -3.67. The summed E-state index contributed by atoms with van der Waals surface area (Å²) < 4.78 is 36.9. The molecule has 0 fully saturated rings. The van der Waals surface area contributed by atoms with Gasteiger partial charge in [-0.1, -0.05) is 6.92 Å². The quantitative estimate of drug-likeness (QED) is 0.872. The van der Waals surface area contributed by atoms with Crippen molar-refractivity contribution in [2.45, 2.75) is 45.9 Å². The molecule has 0 spiro atoms. The highest BCUT2D eigenvalue weighted by Crippen LogP contribution is 2.41. The fraction of sp³-hybridized carbons (Fsp3) is 0.412. The number of carbonyl (C=O) groups excluding carboxylic acids is 1. The summed E-state index contributed by atoms with van der Waals surface area (Å²) in [4.78, 5) is 17.7. The van der Waals surface area contributed by atoms with Gasteiger partial charge >= 0.3 is 12.3 Å². The van der Waals surface area contributed by atoms with Crippen LogP contribution in [0.4, 0.5) is 13.6 Å². The van der Waals surface area contributed by atoms with E-state index < -0.39 is 12.3 Å². The maximum absolute atomic E-state index is 13.2. The molecule has 6 nitrogen and oxygen atoms in total. The second-order valence-electron chi connectivity index (χ2n) is 6.57. The lowest BCUT2D eigenvalue weighted by atomic mass is 10.0. The third kappa shape index (κ3) is 3.87. The Bertz CT molecular complexity index is 918. The first-order valence-corrected chi connectivity index (χ1v) is 8.86. The standard InChI is InChI=1S/C17H19F2N3O3S/c1-5-16(3,4)21-14(23)20-15-22(9-10(2)26-15)11-6-7-12-13(8-11)25-17(18,19)24-12/h6-9H,5H2,1-4H3,(H,21,23)/b20-15-. The smallest absolute Gasteiger partial charge is 0.395 e. The lowest BCUT2D eigenvalue weighted by molar-refractivity contribution is -0.286. The second kappa shape index (κ2) is 6.39. The van der Waals surface area contributed by atoms with E-state index in [1.807, 2.05) is 27.7 Å². The molecule has 1 aromatic heterocycles. The molecule has 1 aromatic carbocycles. The molecule has 0 radical (unpaired) electrons. The predicted molar refractivity (Wildman–Crippen MR) is 93.1 cm³/mol. The molecule has 0 saturated carbocycles. The fourth-order valence-electron chi connectivity index (χ4n) is 2.30. The van der Waals surface area contributed by atoms with Crippen LogP contribution in [0.2, 0.25) is 0 Å². The highest BCUT2D eigenvalue weighted by atomic mass is 32.1. The van der Waals surface area contributed by atoms with Gasteiger partial charge in [0.25, 0.3) is 0 Å². The Morgan fingerprint density at radius 1 is 1.35 bits per heavy atom. The summed E-state index contributed by atoms with van der Waals surface area (Å²) >= 11 is 1.32. The van der Waals surface area contributed by atoms with Gasteiger partial charge < -0.3 is 14.8 Å². The highest BCUT2D eigenvalue weighted by Gasteiger charge is 2.43. The van der Waals surface area contributed by atoms with Crippen molar-refractivity contribution in [3.8, 4) is 17.2 Å². The number of rotatable bonds is 3. The summed E-state index contributed by atoms with van der Waals surface area (Å²) in [6, 6.07) is 3.97. The molecule has 1 aliphatic heterocycles. The number of aryl methyl sites for hydroxylation is 1. The Kier molecular flexibility index (Phi) is 4.51. The number of fused-ring (bicyclic) bond motifs is 1. The van der Waals surface area contributed by atoms with Crippen LogP contribution in [0.3, 0.4) is 0 Å². The van der Waals surface area contributed by atoms with Gasteiger partial charge in [-0.25, -0.2) is 4.79 Å². The normalized spacial score (nSPS) is 16.0. The maximum Gasteiger partial charge on any atom is 0.586 e. The molecule has 2 heterocycles. The largest absolute Gasteiger partial charge is 0.586 e. The first-order valence-electron chi connectivity index (χ1n) is 8.05. The van der Waals surface area contributed by atoms with Crippen LogP contribution < -0.4 is 19.6 Å². The predicted octanol–water partition coefficient (Wildman–Crippen LogP) is 3.97. The zero-order valence-electron chi connectivity index (χ0n) is 14.8. The van der Waals surface area contributed by atoms with Crippen molar-refractivity contribution >= 4 is 17.4 Å². The van der Waals surface area contributed by atoms with Crippen molar-refractivity contribution in [1.29, 1.82) is 0 Å². The van der Waals surface area contributed by atoms with E-state index in [9.17, 15) is 13.6 Å². The van der Waals surface area contributed by atoms with Crippen molar-refractivity contribution in [3.63, 3.8) is 0 Å². The minimum absolute atomic E-state index is 0.0350. The molecule has 1 aliphatic rings. The number of amides is 2. The van der Waals surface area contributed by atoms with Gasteiger partial charge in [0.05, 0.1) is 5.69 Å². The van der Waals surface area contributed by atoms with Crippen LogP contribution in [0.1, 0.15) is 32.1 Å². The molecule has 2 amide bonds. The molecule has 1 N–H and O–H groups in total. The monoisotopic (exact) mass is 383 g/mol.